The summed E-state index contributed by atoms with van der Waals surface area (Å²) in [6.07, 6.45) is 2.33. The number of carbonyl (C=O) groups is 1. The first-order chi connectivity index (χ1) is 14.0. The average molecular weight is 392 g/mol. The molecule has 0 unspecified atom stereocenters. The summed E-state index contributed by atoms with van der Waals surface area (Å²) in [4.78, 5) is 28.9. The summed E-state index contributed by atoms with van der Waals surface area (Å²) in [6.45, 7) is 6.70. The van der Waals surface area contributed by atoms with Crippen LogP contribution in [0.15, 0.2) is 57.9 Å². The smallest absolute Gasteiger partial charge is 0.289 e. The van der Waals surface area contributed by atoms with Crippen LogP contribution in [-0.4, -0.2) is 46.8 Å². The molecule has 0 aliphatic carbocycles. The zero-order valence-corrected chi connectivity index (χ0v) is 16.7. The number of rotatable bonds is 3. The van der Waals surface area contributed by atoms with Gasteiger partial charge >= 0.3 is 0 Å². The number of aromatic nitrogens is 2. The van der Waals surface area contributed by atoms with E-state index in [2.05, 4.69) is 10.00 Å². The molecule has 0 radical (unpaired) electrons. The molecule has 1 saturated heterocycles. The van der Waals surface area contributed by atoms with Crippen molar-refractivity contribution in [2.24, 2.45) is 0 Å². The van der Waals surface area contributed by atoms with Gasteiger partial charge < -0.3 is 14.2 Å². The second kappa shape index (κ2) is 7.95. The van der Waals surface area contributed by atoms with Crippen LogP contribution < -0.4 is 10.5 Å². The van der Waals surface area contributed by atoms with Crippen molar-refractivity contribution in [2.75, 3.05) is 31.1 Å². The van der Waals surface area contributed by atoms with E-state index in [-0.39, 0.29) is 11.5 Å². The first kappa shape index (κ1) is 19.0. The van der Waals surface area contributed by atoms with E-state index in [1.165, 1.54) is 16.5 Å². The molecule has 29 heavy (non-hydrogen) atoms. The minimum Gasteiger partial charge on any atom is -0.459 e. The topological polar surface area (TPSA) is 71.6 Å². The maximum Gasteiger partial charge on any atom is 0.289 e. The molecule has 7 heteroatoms. The fraction of sp³-hybridized carbons (Fsp3) is 0.318. The van der Waals surface area contributed by atoms with Crippen molar-refractivity contribution in [3.63, 3.8) is 0 Å². The van der Waals surface area contributed by atoms with E-state index in [1.807, 2.05) is 32.0 Å². The fourth-order valence-corrected chi connectivity index (χ4v) is 3.52. The van der Waals surface area contributed by atoms with E-state index < -0.39 is 0 Å². The van der Waals surface area contributed by atoms with Crippen molar-refractivity contribution >= 4 is 11.7 Å². The number of carbonyl (C=O) groups excluding carboxylic acids is 1. The van der Waals surface area contributed by atoms with Crippen molar-refractivity contribution in [1.82, 2.24) is 14.7 Å². The number of nitrogens with zero attached hydrogens (tertiary/aromatic N) is 4. The summed E-state index contributed by atoms with van der Waals surface area (Å²) >= 11 is 0. The Morgan fingerprint density at radius 1 is 1.00 bits per heavy atom. The Hall–Kier alpha value is -3.35. The zero-order chi connectivity index (χ0) is 20.4. The summed E-state index contributed by atoms with van der Waals surface area (Å²) in [5.41, 5.74) is 2.88. The third kappa shape index (κ3) is 3.94. The molecule has 0 atom stereocenters. The minimum atomic E-state index is -0.165. The molecule has 3 heterocycles. The molecule has 150 valence electrons. The molecular formula is C22H24N4O3. The van der Waals surface area contributed by atoms with Crippen LogP contribution in [-0.2, 0) is 0 Å². The van der Waals surface area contributed by atoms with Crippen LogP contribution in [0.4, 0.5) is 5.82 Å². The highest BCUT2D eigenvalue weighted by atomic mass is 16.3. The molecule has 0 N–H and O–H groups in total. The number of benzene rings is 1. The van der Waals surface area contributed by atoms with Gasteiger partial charge in [-0.2, -0.15) is 4.68 Å². The van der Waals surface area contributed by atoms with Gasteiger partial charge in [0.25, 0.3) is 11.5 Å². The normalized spacial score (nSPS) is 14.7. The van der Waals surface area contributed by atoms with Crippen LogP contribution in [0.1, 0.15) is 28.1 Å². The summed E-state index contributed by atoms with van der Waals surface area (Å²) in [6, 6.07) is 12.6. The molecule has 0 saturated carbocycles. The van der Waals surface area contributed by atoms with Crippen molar-refractivity contribution in [3.8, 4) is 5.69 Å². The first-order valence-corrected chi connectivity index (χ1v) is 9.79. The van der Waals surface area contributed by atoms with Gasteiger partial charge in [-0.3, -0.25) is 9.59 Å². The lowest BCUT2D eigenvalue weighted by molar-refractivity contribution is 0.0735. The summed E-state index contributed by atoms with van der Waals surface area (Å²) < 4.78 is 6.68. The molecule has 1 aliphatic rings. The van der Waals surface area contributed by atoms with Crippen LogP contribution >= 0.6 is 0 Å². The average Bonchev–Trinajstić information content (AvgIpc) is 3.15. The fourth-order valence-electron chi connectivity index (χ4n) is 3.52. The Morgan fingerprint density at radius 2 is 1.86 bits per heavy atom. The van der Waals surface area contributed by atoms with E-state index in [9.17, 15) is 9.59 Å². The van der Waals surface area contributed by atoms with Crippen LogP contribution in [0.5, 0.6) is 0 Å². The summed E-state index contributed by atoms with van der Waals surface area (Å²) in [5.74, 6) is 1.000. The monoisotopic (exact) mass is 392 g/mol. The van der Waals surface area contributed by atoms with Gasteiger partial charge in [-0.15, -0.1) is 5.10 Å². The predicted molar refractivity (Wildman–Crippen MR) is 111 cm³/mol. The molecule has 1 aromatic carbocycles. The Balaban J connectivity index is 1.55. The molecule has 0 spiro atoms. The lowest BCUT2D eigenvalue weighted by atomic mass is 10.1. The summed E-state index contributed by atoms with van der Waals surface area (Å²) in [7, 11) is 0. The van der Waals surface area contributed by atoms with E-state index in [0.29, 0.717) is 25.4 Å². The number of hydrogen-bond acceptors (Lipinski definition) is 5. The highest BCUT2D eigenvalue weighted by molar-refractivity contribution is 5.91. The van der Waals surface area contributed by atoms with E-state index in [1.54, 1.807) is 29.2 Å². The molecule has 1 fully saturated rings. The van der Waals surface area contributed by atoms with Gasteiger partial charge in [-0.25, -0.2) is 0 Å². The number of amides is 1. The third-order valence-corrected chi connectivity index (χ3v) is 5.36. The van der Waals surface area contributed by atoms with Gasteiger partial charge in [0, 0.05) is 32.2 Å². The SMILES string of the molecule is Cc1ccc(-n2nc(N3CCCN(C(=O)c4ccco4)CC3)ccc2=O)cc1C. The number of hydrogen-bond donors (Lipinski definition) is 0. The van der Waals surface area contributed by atoms with Gasteiger partial charge in [0.1, 0.15) is 5.82 Å². The van der Waals surface area contributed by atoms with Gasteiger partial charge in [-0.1, -0.05) is 6.07 Å². The molecule has 1 amide bonds. The lowest BCUT2D eigenvalue weighted by Crippen LogP contribution is -2.35. The molecule has 2 aromatic heterocycles. The molecular weight excluding hydrogens is 368 g/mol. The van der Waals surface area contributed by atoms with Crippen LogP contribution in [0.3, 0.4) is 0 Å². The van der Waals surface area contributed by atoms with Crippen molar-refractivity contribution < 1.29 is 9.21 Å². The minimum absolute atomic E-state index is 0.0927. The van der Waals surface area contributed by atoms with Crippen molar-refractivity contribution in [1.29, 1.82) is 0 Å². The standard InChI is InChI=1S/C22H24N4O3/c1-16-6-7-18(15-17(16)2)26-21(27)9-8-20(23-26)24-10-4-11-25(13-12-24)22(28)19-5-3-14-29-19/h3,5-9,14-15H,4,10-13H2,1-2H3. The van der Waals surface area contributed by atoms with Crippen molar-refractivity contribution in [3.05, 3.63) is 76.0 Å². The maximum absolute atomic E-state index is 12.6. The van der Waals surface area contributed by atoms with Crippen LogP contribution in [0, 0.1) is 13.8 Å². The van der Waals surface area contributed by atoms with E-state index in [0.717, 1.165) is 30.0 Å². The van der Waals surface area contributed by atoms with Gasteiger partial charge in [-0.05, 0) is 61.7 Å². The summed E-state index contributed by atoms with van der Waals surface area (Å²) in [5, 5.41) is 4.61. The molecule has 4 rings (SSSR count). The second-order valence-electron chi connectivity index (χ2n) is 7.32. The maximum atomic E-state index is 12.6. The van der Waals surface area contributed by atoms with E-state index >= 15 is 0 Å². The second-order valence-corrected chi connectivity index (χ2v) is 7.32. The predicted octanol–water partition coefficient (Wildman–Crippen LogP) is 2.79. The molecule has 7 nitrogen and oxygen atoms in total. The highest BCUT2D eigenvalue weighted by Crippen LogP contribution is 2.17. The molecule has 1 aliphatic heterocycles. The molecule has 3 aromatic rings. The number of anilines is 1. The number of furan rings is 1. The van der Waals surface area contributed by atoms with Crippen LogP contribution in [0.25, 0.3) is 5.69 Å². The zero-order valence-electron chi connectivity index (χ0n) is 16.7. The van der Waals surface area contributed by atoms with Gasteiger partial charge in [0.15, 0.2) is 5.76 Å². The largest absolute Gasteiger partial charge is 0.459 e. The Labute approximate surface area is 169 Å². The van der Waals surface area contributed by atoms with Crippen LogP contribution in [0.2, 0.25) is 0 Å². The van der Waals surface area contributed by atoms with E-state index in [4.69, 9.17) is 4.42 Å². The van der Waals surface area contributed by atoms with Crippen molar-refractivity contribution in [2.45, 2.75) is 20.3 Å². The quantitative estimate of drug-likeness (QED) is 0.685. The van der Waals surface area contributed by atoms with Gasteiger partial charge in [0.2, 0.25) is 0 Å². The molecule has 0 bridgehead atoms. The Kier molecular flexibility index (Phi) is 5.20. The Bertz CT molecular complexity index is 1070. The third-order valence-electron chi connectivity index (χ3n) is 5.36. The Morgan fingerprint density at radius 3 is 2.62 bits per heavy atom. The van der Waals surface area contributed by atoms with Gasteiger partial charge in [0.05, 0.1) is 12.0 Å². The lowest BCUT2D eigenvalue weighted by Gasteiger charge is -2.23. The highest BCUT2D eigenvalue weighted by Gasteiger charge is 2.23. The first-order valence-electron chi connectivity index (χ1n) is 9.79. The number of aryl methyl sites for hydroxylation is 2.